The first-order valence-corrected chi connectivity index (χ1v) is 12.4. The number of nitrogens with one attached hydrogen (secondary N) is 1. The molecule has 1 aromatic heterocycles. The van der Waals surface area contributed by atoms with Gasteiger partial charge in [-0.1, -0.05) is 36.1 Å². The highest BCUT2D eigenvalue weighted by Crippen LogP contribution is 2.17. The first kappa shape index (κ1) is 26.3. The number of ether oxygens (including phenoxy) is 1. The van der Waals surface area contributed by atoms with E-state index >= 15 is 0 Å². The van der Waals surface area contributed by atoms with Gasteiger partial charge in [0.1, 0.15) is 0 Å². The second-order valence-electron chi connectivity index (χ2n) is 8.22. The average molecular weight is 491 g/mol. The highest BCUT2D eigenvalue weighted by atomic mass is 32.1. The Labute approximate surface area is 210 Å². The van der Waals surface area contributed by atoms with Crippen LogP contribution >= 0.6 is 11.3 Å². The Balaban J connectivity index is 0.000000261. The smallest absolute Gasteiger partial charge is 0.250 e. The number of benzene rings is 2. The third-order valence-corrected chi connectivity index (χ3v) is 6.35. The molecule has 2 heterocycles. The normalized spacial score (nSPS) is 14.0. The van der Waals surface area contributed by atoms with Crippen molar-refractivity contribution in [2.24, 2.45) is 0 Å². The van der Waals surface area contributed by atoms with Crippen molar-refractivity contribution in [2.45, 2.75) is 26.3 Å². The fourth-order valence-corrected chi connectivity index (χ4v) is 4.17. The Morgan fingerprint density at radius 2 is 1.63 bits per heavy atom. The van der Waals surface area contributed by atoms with Gasteiger partial charge in [0.15, 0.2) is 5.78 Å². The van der Waals surface area contributed by atoms with E-state index < -0.39 is 0 Å². The summed E-state index contributed by atoms with van der Waals surface area (Å²) in [5, 5.41) is 12.1. The monoisotopic (exact) mass is 490 g/mol. The standard InChI is InChI=1S/C21H21NO2.C7H9NO2S/c1-17(23)21-10-8-19(9-11-21)3-2-18-4-6-20(7-5-18)16-22-12-14-24-15-13-22;1-5(7(9)8-10)6-2-3-11-4-6/h4-11H,12-16H2,1H3;2-5,10H,1H3,(H,8,9). The van der Waals surface area contributed by atoms with Crippen LogP contribution in [0.15, 0.2) is 65.4 Å². The zero-order valence-electron chi connectivity index (χ0n) is 20.0. The van der Waals surface area contributed by atoms with Gasteiger partial charge in [-0.15, -0.1) is 0 Å². The summed E-state index contributed by atoms with van der Waals surface area (Å²) in [5.41, 5.74) is 6.48. The third-order valence-electron chi connectivity index (χ3n) is 5.65. The van der Waals surface area contributed by atoms with Crippen LogP contribution in [0.25, 0.3) is 0 Å². The molecule has 2 aromatic carbocycles. The number of hydrogen-bond donors (Lipinski definition) is 2. The molecule has 1 aliphatic heterocycles. The number of thiophene rings is 1. The maximum atomic E-state index is 11.3. The van der Waals surface area contributed by atoms with E-state index in [9.17, 15) is 9.59 Å². The van der Waals surface area contributed by atoms with Crippen molar-refractivity contribution >= 4 is 23.0 Å². The van der Waals surface area contributed by atoms with Crippen molar-refractivity contribution < 1.29 is 19.5 Å². The summed E-state index contributed by atoms with van der Waals surface area (Å²) in [7, 11) is 0. The van der Waals surface area contributed by atoms with Crippen molar-refractivity contribution in [3.05, 3.63) is 93.2 Å². The molecule has 0 radical (unpaired) electrons. The number of amides is 1. The van der Waals surface area contributed by atoms with Crippen LogP contribution in [-0.4, -0.2) is 48.1 Å². The maximum absolute atomic E-state index is 11.3. The molecule has 35 heavy (non-hydrogen) atoms. The van der Waals surface area contributed by atoms with Gasteiger partial charge in [0, 0.05) is 36.3 Å². The molecular weight excluding hydrogens is 460 g/mol. The first-order chi connectivity index (χ1) is 17.0. The molecule has 2 N–H and O–H groups in total. The van der Waals surface area contributed by atoms with Gasteiger partial charge in [-0.3, -0.25) is 19.7 Å². The van der Waals surface area contributed by atoms with E-state index in [1.165, 1.54) is 16.9 Å². The molecule has 182 valence electrons. The minimum Gasteiger partial charge on any atom is -0.379 e. The number of hydrogen-bond acceptors (Lipinski definition) is 6. The van der Waals surface area contributed by atoms with Crippen LogP contribution in [-0.2, 0) is 16.1 Å². The summed E-state index contributed by atoms with van der Waals surface area (Å²) in [6, 6.07) is 17.7. The minimum absolute atomic E-state index is 0.0744. The zero-order chi connectivity index (χ0) is 25.0. The number of rotatable bonds is 5. The van der Waals surface area contributed by atoms with E-state index in [0.717, 1.165) is 49.5 Å². The fraction of sp³-hybridized carbons (Fsp3) is 0.286. The Bertz CT molecular complexity index is 1140. The molecule has 0 aliphatic carbocycles. The van der Waals surface area contributed by atoms with E-state index in [1.807, 2.05) is 41.1 Å². The van der Waals surface area contributed by atoms with Gasteiger partial charge in [0.25, 0.3) is 5.91 Å². The molecule has 0 bridgehead atoms. The van der Waals surface area contributed by atoms with E-state index in [-0.39, 0.29) is 17.6 Å². The number of carbonyl (C=O) groups is 2. The Kier molecular flexibility index (Phi) is 10.2. The number of ketones is 1. The lowest BCUT2D eigenvalue weighted by molar-refractivity contribution is -0.130. The highest BCUT2D eigenvalue weighted by molar-refractivity contribution is 7.08. The predicted octanol–water partition coefficient (Wildman–Crippen LogP) is 4.48. The number of Topliss-reactive ketones (excluding diaryl/α,β-unsaturated/α-hetero) is 1. The van der Waals surface area contributed by atoms with Crippen molar-refractivity contribution in [1.29, 1.82) is 0 Å². The van der Waals surface area contributed by atoms with Crippen LogP contribution in [0.5, 0.6) is 0 Å². The van der Waals surface area contributed by atoms with Crippen molar-refractivity contribution in [3.63, 3.8) is 0 Å². The van der Waals surface area contributed by atoms with Crippen LogP contribution < -0.4 is 5.48 Å². The lowest BCUT2D eigenvalue weighted by Crippen LogP contribution is -2.35. The van der Waals surface area contributed by atoms with E-state index in [1.54, 1.807) is 19.3 Å². The van der Waals surface area contributed by atoms with Crippen LogP contribution in [0, 0.1) is 11.8 Å². The summed E-state index contributed by atoms with van der Waals surface area (Å²) in [4.78, 5) is 24.5. The molecule has 3 aromatic rings. The molecule has 1 fully saturated rings. The van der Waals surface area contributed by atoms with Gasteiger partial charge in [0.05, 0.1) is 19.1 Å². The molecule has 0 spiro atoms. The SMILES string of the molecule is CC(=O)c1ccc(C#Cc2ccc(CN3CCOCC3)cc2)cc1.CC(C(=O)NO)c1ccsc1. The highest BCUT2D eigenvalue weighted by Gasteiger charge is 2.13. The van der Waals surface area contributed by atoms with Crippen molar-refractivity contribution in [2.75, 3.05) is 26.3 Å². The Morgan fingerprint density at radius 1 is 1.03 bits per heavy atom. The molecule has 1 saturated heterocycles. The molecule has 1 aliphatic rings. The van der Waals surface area contributed by atoms with Crippen molar-refractivity contribution in [3.8, 4) is 11.8 Å². The van der Waals surface area contributed by atoms with E-state index in [2.05, 4.69) is 41.0 Å². The van der Waals surface area contributed by atoms with Gasteiger partial charge in [0.2, 0.25) is 0 Å². The van der Waals surface area contributed by atoms with Crippen molar-refractivity contribution in [1.82, 2.24) is 10.4 Å². The summed E-state index contributed by atoms with van der Waals surface area (Å²) >= 11 is 1.53. The molecule has 4 rings (SSSR count). The van der Waals surface area contributed by atoms with Crippen LogP contribution in [0.3, 0.4) is 0 Å². The molecular formula is C28H30N2O4S. The van der Waals surface area contributed by atoms with Gasteiger partial charge in [-0.25, -0.2) is 5.48 Å². The van der Waals surface area contributed by atoms with Crippen LogP contribution in [0.1, 0.15) is 52.4 Å². The molecule has 1 atom stereocenters. The first-order valence-electron chi connectivity index (χ1n) is 11.4. The lowest BCUT2D eigenvalue weighted by atomic mass is 10.1. The lowest BCUT2D eigenvalue weighted by Gasteiger charge is -2.26. The second-order valence-corrected chi connectivity index (χ2v) is 9.00. The average Bonchev–Trinajstić information content (AvgIpc) is 3.44. The number of carbonyl (C=O) groups excluding carboxylic acids is 2. The largest absolute Gasteiger partial charge is 0.379 e. The number of morpholine rings is 1. The molecule has 1 amide bonds. The summed E-state index contributed by atoms with van der Waals surface area (Å²) in [6.45, 7) is 7.92. The number of hydroxylamine groups is 1. The Morgan fingerprint density at radius 3 is 2.14 bits per heavy atom. The molecule has 6 nitrogen and oxygen atoms in total. The zero-order valence-corrected chi connectivity index (χ0v) is 20.8. The van der Waals surface area contributed by atoms with E-state index in [0.29, 0.717) is 5.56 Å². The second kappa shape index (κ2) is 13.6. The van der Waals surface area contributed by atoms with Gasteiger partial charge in [-0.2, -0.15) is 11.3 Å². The summed E-state index contributed by atoms with van der Waals surface area (Å²) in [6.07, 6.45) is 0. The Hall–Kier alpha value is -3.28. The molecule has 7 heteroatoms. The van der Waals surface area contributed by atoms with Crippen LogP contribution in [0.2, 0.25) is 0 Å². The fourth-order valence-electron chi connectivity index (χ4n) is 3.41. The quantitative estimate of drug-likeness (QED) is 0.239. The maximum Gasteiger partial charge on any atom is 0.250 e. The van der Waals surface area contributed by atoms with Gasteiger partial charge >= 0.3 is 0 Å². The van der Waals surface area contributed by atoms with Gasteiger partial charge in [-0.05, 0) is 66.1 Å². The topological polar surface area (TPSA) is 78.9 Å². The number of nitrogens with zero attached hydrogens (tertiary/aromatic N) is 1. The molecule has 1 unspecified atom stereocenters. The predicted molar refractivity (Wildman–Crippen MR) is 138 cm³/mol. The molecule has 0 saturated carbocycles. The van der Waals surface area contributed by atoms with Crippen LogP contribution in [0.4, 0.5) is 0 Å². The summed E-state index contributed by atoms with van der Waals surface area (Å²) < 4.78 is 5.37. The minimum atomic E-state index is -0.372. The van der Waals surface area contributed by atoms with Gasteiger partial charge < -0.3 is 4.74 Å². The summed E-state index contributed by atoms with van der Waals surface area (Å²) in [5.74, 6) is 5.74. The third kappa shape index (κ3) is 8.46. The van der Waals surface area contributed by atoms with E-state index in [4.69, 9.17) is 9.94 Å².